The largest absolute Gasteiger partial charge is 0.350 e. The number of imidazole rings is 1. The van der Waals surface area contributed by atoms with Crippen LogP contribution in [0.1, 0.15) is 24.2 Å². The van der Waals surface area contributed by atoms with Gasteiger partial charge in [0.05, 0.1) is 28.4 Å². The van der Waals surface area contributed by atoms with E-state index in [2.05, 4.69) is 26.2 Å². The van der Waals surface area contributed by atoms with Crippen molar-refractivity contribution in [3.05, 3.63) is 69.2 Å². The van der Waals surface area contributed by atoms with Gasteiger partial charge < -0.3 is 5.32 Å². The van der Waals surface area contributed by atoms with Crippen LogP contribution in [0.25, 0.3) is 27.6 Å². The zero-order chi connectivity index (χ0) is 20.0. The molecule has 7 heteroatoms. The van der Waals surface area contributed by atoms with Crippen molar-refractivity contribution in [2.75, 3.05) is 0 Å². The summed E-state index contributed by atoms with van der Waals surface area (Å²) in [6.07, 6.45) is 1.72. The molecule has 0 aliphatic heterocycles. The molecule has 2 heterocycles. The molecule has 142 valence electrons. The lowest BCUT2D eigenvalue weighted by Crippen LogP contribution is -2.30. The van der Waals surface area contributed by atoms with Crippen LogP contribution in [-0.2, 0) is 7.05 Å². The second-order valence-corrected chi connectivity index (χ2v) is 7.92. The summed E-state index contributed by atoms with van der Waals surface area (Å²) in [7, 11) is 1.73. The molecule has 0 saturated heterocycles. The molecule has 4 rings (SSSR count). The van der Waals surface area contributed by atoms with Crippen LogP contribution in [-0.4, -0.2) is 26.1 Å². The molecule has 1 N–H and O–H groups in total. The lowest BCUT2D eigenvalue weighted by Gasteiger charge is -2.10. The SMILES string of the molecule is CC(C)NC(=O)c1ccc(-n2c(=O)n(C)c3cnc4ccc(Br)cc4c32)cc1. The monoisotopic (exact) mass is 438 g/mol. The second kappa shape index (κ2) is 6.91. The fourth-order valence-corrected chi connectivity index (χ4v) is 3.68. The standard InChI is InChI=1S/C21H19BrN4O2/c1-12(2)24-20(27)13-4-7-15(8-5-13)26-19-16-10-14(22)6-9-17(16)23-11-18(19)25(3)21(26)28/h4-12H,1-3H3,(H,24,27). The van der Waals surface area contributed by atoms with Gasteiger partial charge in [0.1, 0.15) is 0 Å². The first-order valence-electron chi connectivity index (χ1n) is 8.94. The van der Waals surface area contributed by atoms with Crippen molar-refractivity contribution in [3.8, 4) is 5.69 Å². The third-order valence-corrected chi connectivity index (χ3v) is 5.15. The lowest BCUT2D eigenvalue weighted by molar-refractivity contribution is 0.0943. The molecule has 4 aromatic rings. The number of carbonyl (C=O) groups excluding carboxylic acids is 1. The van der Waals surface area contributed by atoms with Gasteiger partial charge in [0.2, 0.25) is 0 Å². The summed E-state index contributed by atoms with van der Waals surface area (Å²) in [5.41, 5.74) is 3.44. The Morgan fingerprint density at radius 1 is 1.14 bits per heavy atom. The maximum absolute atomic E-state index is 13.0. The Morgan fingerprint density at radius 3 is 2.54 bits per heavy atom. The highest BCUT2D eigenvalue weighted by Gasteiger charge is 2.17. The van der Waals surface area contributed by atoms with Crippen molar-refractivity contribution in [2.45, 2.75) is 19.9 Å². The van der Waals surface area contributed by atoms with Crippen LogP contribution in [0.2, 0.25) is 0 Å². The van der Waals surface area contributed by atoms with E-state index in [0.29, 0.717) is 11.3 Å². The maximum atomic E-state index is 13.0. The van der Waals surface area contributed by atoms with Crippen molar-refractivity contribution >= 4 is 43.8 Å². The highest BCUT2D eigenvalue weighted by atomic mass is 79.9. The van der Waals surface area contributed by atoms with E-state index in [1.54, 1.807) is 46.6 Å². The molecule has 0 saturated carbocycles. The lowest BCUT2D eigenvalue weighted by atomic mass is 10.1. The van der Waals surface area contributed by atoms with Crippen molar-refractivity contribution in [2.24, 2.45) is 7.05 Å². The third-order valence-electron chi connectivity index (χ3n) is 4.65. The summed E-state index contributed by atoms with van der Waals surface area (Å²) >= 11 is 3.50. The first kappa shape index (κ1) is 18.4. The van der Waals surface area contributed by atoms with E-state index < -0.39 is 0 Å². The van der Waals surface area contributed by atoms with Gasteiger partial charge in [-0.1, -0.05) is 15.9 Å². The highest BCUT2D eigenvalue weighted by molar-refractivity contribution is 9.10. The van der Waals surface area contributed by atoms with Crippen molar-refractivity contribution in [3.63, 3.8) is 0 Å². The van der Waals surface area contributed by atoms with E-state index in [-0.39, 0.29) is 17.6 Å². The van der Waals surface area contributed by atoms with Crippen LogP contribution in [0.15, 0.2) is 57.9 Å². The van der Waals surface area contributed by atoms with E-state index in [0.717, 1.165) is 26.4 Å². The first-order chi connectivity index (χ1) is 13.4. The molecule has 6 nitrogen and oxygen atoms in total. The number of pyridine rings is 1. The minimum absolute atomic E-state index is 0.0603. The topological polar surface area (TPSA) is 68.9 Å². The summed E-state index contributed by atoms with van der Waals surface area (Å²) in [5, 5.41) is 3.75. The molecule has 0 bridgehead atoms. The van der Waals surface area contributed by atoms with Crippen molar-refractivity contribution in [1.29, 1.82) is 0 Å². The van der Waals surface area contributed by atoms with Crippen LogP contribution in [0.3, 0.4) is 0 Å². The molecule has 0 radical (unpaired) electrons. The van der Waals surface area contributed by atoms with Gasteiger partial charge in [0.15, 0.2) is 0 Å². The average molecular weight is 439 g/mol. The zero-order valence-electron chi connectivity index (χ0n) is 15.7. The Labute approximate surface area is 169 Å². The molecule has 0 unspecified atom stereocenters. The molecule has 28 heavy (non-hydrogen) atoms. The van der Waals surface area contributed by atoms with Crippen LogP contribution in [0.5, 0.6) is 0 Å². The number of rotatable bonds is 3. The predicted molar refractivity (Wildman–Crippen MR) is 114 cm³/mol. The van der Waals surface area contributed by atoms with Gasteiger partial charge >= 0.3 is 5.69 Å². The van der Waals surface area contributed by atoms with Gasteiger partial charge in [-0.3, -0.25) is 18.9 Å². The Bertz CT molecular complexity index is 1270. The predicted octanol–water partition coefficient (Wildman–Crippen LogP) is 3.78. The van der Waals surface area contributed by atoms with Gasteiger partial charge in [-0.15, -0.1) is 0 Å². The fraction of sp³-hybridized carbons (Fsp3) is 0.190. The number of aryl methyl sites for hydroxylation is 1. The van der Waals surface area contributed by atoms with E-state index in [1.165, 1.54) is 0 Å². The molecule has 1 amide bonds. The molecule has 0 aliphatic rings. The van der Waals surface area contributed by atoms with Crippen LogP contribution in [0.4, 0.5) is 0 Å². The molecule has 0 spiro atoms. The molecular weight excluding hydrogens is 420 g/mol. The van der Waals surface area contributed by atoms with Gasteiger partial charge in [-0.2, -0.15) is 0 Å². The summed E-state index contributed by atoms with van der Waals surface area (Å²) in [6, 6.07) is 12.9. The minimum atomic E-state index is -0.163. The Hall–Kier alpha value is -2.93. The molecule has 0 fully saturated rings. The highest BCUT2D eigenvalue weighted by Crippen LogP contribution is 2.27. The zero-order valence-corrected chi connectivity index (χ0v) is 17.3. The summed E-state index contributed by atoms with van der Waals surface area (Å²) in [4.78, 5) is 29.7. The van der Waals surface area contributed by atoms with Crippen molar-refractivity contribution < 1.29 is 4.79 Å². The molecule has 0 atom stereocenters. The third kappa shape index (κ3) is 3.01. The van der Waals surface area contributed by atoms with E-state index in [4.69, 9.17) is 0 Å². The number of hydrogen-bond donors (Lipinski definition) is 1. The van der Waals surface area contributed by atoms with Crippen LogP contribution in [0, 0.1) is 0 Å². The smallest absolute Gasteiger partial charge is 0.333 e. The number of hydrogen-bond acceptors (Lipinski definition) is 3. The van der Waals surface area contributed by atoms with Crippen LogP contribution < -0.4 is 11.0 Å². The number of halogens is 1. The normalized spacial score (nSPS) is 11.5. The Morgan fingerprint density at radius 2 is 1.86 bits per heavy atom. The molecule has 0 aliphatic carbocycles. The van der Waals surface area contributed by atoms with Crippen molar-refractivity contribution in [1.82, 2.24) is 19.4 Å². The molecule has 2 aromatic heterocycles. The van der Waals surface area contributed by atoms with Gasteiger partial charge in [-0.05, 0) is 56.3 Å². The van der Waals surface area contributed by atoms with E-state index in [1.807, 2.05) is 32.0 Å². The number of nitrogens with zero attached hydrogens (tertiary/aromatic N) is 3. The molecule has 2 aromatic carbocycles. The number of amides is 1. The van der Waals surface area contributed by atoms with E-state index in [9.17, 15) is 9.59 Å². The van der Waals surface area contributed by atoms with Gasteiger partial charge in [0.25, 0.3) is 5.91 Å². The summed E-state index contributed by atoms with van der Waals surface area (Å²) in [6.45, 7) is 3.83. The minimum Gasteiger partial charge on any atom is -0.350 e. The summed E-state index contributed by atoms with van der Waals surface area (Å²) in [5.74, 6) is -0.134. The quantitative estimate of drug-likeness (QED) is 0.529. The molecular formula is C21H19BrN4O2. The first-order valence-corrected chi connectivity index (χ1v) is 9.73. The number of nitrogens with one attached hydrogen (secondary N) is 1. The fourth-order valence-electron chi connectivity index (χ4n) is 3.32. The van der Waals surface area contributed by atoms with Crippen LogP contribution >= 0.6 is 15.9 Å². The summed E-state index contributed by atoms with van der Waals surface area (Å²) < 4.78 is 4.16. The number of fused-ring (bicyclic) bond motifs is 3. The maximum Gasteiger partial charge on any atom is 0.333 e. The van der Waals surface area contributed by atoms with Gasteiger partial charge in [-0.25, -0.2) is 4.79 Å². The Kier molecular flexibility index (Phi) is 4.55. The van der Waals surface area contributed by atoms with E-state index >= 15 is 0 Å². The second-order valence-electron chi connectivity index (χ2n) is 7.01. The Balaban J connectivity index is 1.94. The van der Waals surface area contributed by atoms with Gasteiger partial charge in [0, 0.05) is 28.5 Å². The number of aromatic nitrogens is 3. The number of benzene rings is 2. The number of carbonyl (C=O) groups is 1. The average Bonchev–Trinajstić information content (AvgIpc) is 2.92.